The largest absolute Gasteiger partial charge is 0.488 e. The zero-order chi connectivity index (χ0) is 23.1. The van der Waals surface area contributed by atoms with Gasteiger partial charge in [0.05, 0.1) is 5.69 Å². The minimum absolute atomic E-state index is 0. The molecule has 6 nitrogen and oxygen atoms in total. The molecular formula is C25H43N3O3. The molecule has 1 aromatic carbocycles. The van der Waals surface area contributed by atoms with Crippen LogP contribution in [0.4, 0.5) is 10.5 Å². The number of nitrogens with two attached hydrogens (primary N) is 1. The Hall–Kier alpha value is -2.42. The number of anilines is 1. The molecule has 3 unspecified atom stereocenters. The minimum atomic E-state index is -0.517. The highest BCUT2D eigenvalue weighted by Gasteiger charge is 2.37. The number of nitriles is 1. The Balaban J connectivity index is 0.00000291. The molecule has 3 atom stereocenters. The lowest BCUT2D eigenvalue weighted by Gasteiger charge is -2.41. The average molecular weight is 434 g/mol. The number of ether oxygens (including phenoxy) is 2. The van der Waals surface area contributed by atoms with E-state index in [4.69, 9.17) is 15.2 Å². The van der Waals surface area contributed by atoms with Gasteiger partial charge in [0.25, 0.3) is 0 Å². The number of carbonyl (C=O) groups is 1. The summed E-state index contributed by atoms with van der Waals surface area (Å²) in [4.78, 5) is 14.3. The molecule has 0 aliphatic carbocycles. The molecule has 6 heteroatoms. The Bertz CT molecular complexity index is 750. The third-order valence-electron chi connectivity index (χ3n) is 5.39. The molecule has 176 valence electrons. The molecular weight excluding hydrogens is 390 g/mol. The maximum atomic E-state index is 12.5. The van der Waals surface area contributed by atoms with Crippen LogP contribution in [0, 0.1) is 30.1 Å². The van der Waals surface area contributed by atoms with Gasteiger partial charge in [-0.3, -0.25) is 0 Å². The fourth-order valence-corrected chi connectivity index (χ4v) is 3.57. The van der Waals surface area contributed by atoms with E-state index in [1.807, 2.05) is 47.6 Å². The monoisotopic (exact) mass is 433 g/mol. The second-order valence-electron chi connectivity index (χ2n) is 8.71. The quantitative estimate of drug-likeness (QED) is 0.574. The van der Waals surface area contributed by atoms with Gasteiger partial charge in [-0.25, -0.2) is 4.79 Å². The van der Waals surface area contributed by atoms with Gasteiger partial charge in [0.15, 0.2) is 0 Å². The molecule has 1 aliphatic rings. The van der Waals surface area contributed by atoms with E-state index in [1.54, 1.807) is 11.0 Å². The maximum absolute atomic E-state index is 12.5. The molecule has 1 heterocycles. The first kappa shape index (κ1) is 28.6. The van der Waals surface area contributed by atoms with Gasteiger partial charge in [-0.2, -0.15) is 5.26 Å². The Labute approximate surface area is 189 Å². The summed E-state index contributed by atoms with van der Waals surface area (Å²) in [5, 5.41) is 9.52. The van der Waals surface area contributed by atoms with E-state index in [9.17, 15) is 10.1 Å². The summed E-state index contributed by atoms with van der Waals surface area (Å²) in [5.41, 5.74) is 7.16. The lowest BCUT2D eigenvalue weighted by Crippen LogP contribution is -2.51. The number of rotatable bonds is 4. The second kappa shape index (κ2) is 12.4. The highest BCUT2D eigenvalue weighted by atomic mass is 16.6. The first-order chi connectivity index (χ1) is 14.1. The molecule has 0 spiro atoms. The van der Waals surface area contributed by atoms with Gasteiger partial charge in [-0.05, 0) is 45.2 Å². The van der Waals surface area contributed by atoms with E-state index >= 15 is 0 Å². The van der Waals surface area contributed by atoms with Crippen LogP contribution >= 0.6 is 0 Å². The Morgan fingerprint density at radius 2 is 1.97 bits per heavy atom. The fraction of sp³-hybridized carbons (Fsp3) is 0.680. The predicted octanol–water partition coefficient (Wildman–Crippen LogP) is 6.16. The van der Waals surface area contributed by atoms with Crippen molar-refractivity contribution in [1.29, 1.82) is 5.26 Å². The molecule has 1 fully saturated rings. The third kappa shape index (κ3) is 7.65. The van der Waals surface area contributed by atoms with E-state index in [0.717, 1.165) is 12.0 Å². The number of nitrogen functional groups attached to an aromatic ring is 1. The van der Waals surface area contributed by atoms with Crippen molar-refractivity contribution >= 4 is 11.8 Å². The molecule has 0 bridgehead atoms. The van der Waals surface area contributed by atoms with Crippen LogP contribution in [0.15, 0.2) is 12.1 Å². The molecule has 2 rings (SSSR count). The van der Waals surface area contributed by atoms with Crippen LogP contribution in [-0.2, 0) is 4.74 Å². The van der Waals surface area contributed by atoms with Gasteiger partial charge < -0.3 is 20.1 Å². The summed E-state index contributed by atoms with van der Waals surface area (Å²) < 4.78 is 11.9. The molecule has 1 amide bonds. The summed E-state index contributed by atoms with van der Waals surface area (Å²) in [6.45, 7) is 17.0. The summed E-state index contributed by atoms with van der Waals surface area (Å²) in [6, 6.07) is 5.78. The van der Waals surface area contributed by atoms with Gasteiger partial charge in [-0.15, -0.1) is 0 Å². The summed E-state index contributed by atoms with van der Waals surface area (Å²) in [6.07, 6.45) is 1.31. The first-order valence-electron chi connectivity index (χ1n) is 11.0. The van der Waals surface area contributed by atoms with Crippen molar-refractivity contribution in [3.63, 3.8) is 0 Å². The number of carbonyl (C=O) groups excluding carboxylic acids is 1. The van der Waals surface area contributed by atoms with Crippen molar-refractivity contribution in [1.82, 2.24) is 4.90 Å². The van der Waals surface area contributed by atoms with Crippen molar-refractivity contribution in [2.24, 2.45) is 11.8 Å². The number of amides is 1. The topological polar surface area (TPSA) is 88.6 Å². The SMILES string of the molecule is C.CC.CCC(C)C1CN(C(=O)OC(C)(C)C)CCC1Oc1c(C)ccc(N)c1C#N. The molecule has 2 N–H and O–H groups in total. The zero-order valence-electron chi connectivity index (χ0n) is 19.9. The number of piperidine rings is 1. The zero-order valence-corrected chi connectivity index (χ0v) is 19.9. The summed E-state index contributed by atoms with van der Waals surface area (Å²) in [7, 11) is 0. The van der Waals surface area contributed by atoms with Crippen LogP contribution in [0.2, 0.25) is 0 Å². The lowest BCUT2D eigenvalue weighted by atomic mass is 9.82. The number of hydrogen-bond donors (Lipinski definition) is 1. The number of benzene rings is 1. The highest BCUT2D eigenvalue weighted by molar-refractivity contribution is 5.68. The van der Waals surface area contributed by atoms with Crippen LogP contribution < -0.4 is 10.5 Å². The van der Waals surface area contributed by atoms with E-state index in [0.29, 0.717) is 42.4 Å². The number of likely N-dealkylation sites (tertiary alicyclic amines) is 1. The van der Waals surface area contributed by atoms with E-state index in [1.165, 1.54) is 0 Å². The molecule has 1 aliphatic heterocycles. The van der Waals surface area contributed by atoms with E-state index in [2.05, 4.69) is 19.9 Å². The first-order valence-corrected chi connectivity index (χ1v) is 11.0. The van der Waals surface area contributed by atoms with Gasteiger partial charge in [0, 0.05) is 25.4 Å². The van der Waals surface area contributed by atoms with Crippen molar-refractivity contribution in [2.75, 3.05) is 18.8 Å². The molecule has 1 saturated heterocycles. The van der Waals surface area contributed by atoms with Crippen molar-refractivity contribution in [3.8, 4) is 11.8 Å². The Kier molecular flexibility index (Phi) is 11.5. The second-order valence-corrected chi connectivity index (χ2v) is 8.71. The Morgan fingerprint density at radius 1 is 1.35 bits per heavy atom. The van der Waals surface area contributed by atoms with Gasteiger partial charge in [0.1, 0.15) is 29.1 Å². The highest BCUT2D eigenvalue weighted by Crippen LogP contribution is 2.35. The molecule has 0 saturated carbocycles. The van der Waals surface area contributed by atoms with E-state index < -0.39 is 5.60 Å². The fourth-order valence-electron chi connectivity index (χ4n) is 3.57. The summed E-state index contributed by atoms with van der Waals surface area (Å²) >= 11 is 0. The standard InChI is InChI=1S/C22H33N3O3.C2H6.CH4/c1-7-14(2)17-13-25(21(26)28-22(4,5)6)11-10-19(17)27-20-15(3)8-9-18(24)16(20)12-23;1-2;/h8-9,14,17,19H,7,10-11,13,24H2,1-6H3;1-2H3;1H4. The van der Waals surface area contributed by atoms with Crippen molar-refractivity contribution in [2.45, 2.75) is 87.4 Å². The normalized spacial score (nSPS) is 19.1. The number of hydrogen-bond acceptors (Lipinski definition) is 5. The minimum Gasteiger partial charge on any atom is -0.488 e. The van der Waals surface area contributed by atoms with Gasteiger partial charge >= 0.3 is 6.09 Å². The Morgan fingerprint density at radius 3 is 2.48 bits per heavy atom. The molecule has 0 radical (unpaired) electrons. The van der Waals surface area contributed by atoms with E-state index in [-0.39, 0.29) is 25.5 Å². The van der Waals surface area contributed by atoms with Crippen LogP contribution in [0.1, 0.15) is 79.9 Å². The number of aryl methyl sites for hydroxylation is 1. The van der Waals surface area contributed by atoms with Gasteiger partial charge in [-0.1, -0.05) is 47.6 Å². The summed E-state index contributed by atoms with van der Waals surface area (Å²) in [5.74, 6) is 1.08. The predicted molar refractivity (Wildman–Crippen MR) is 128 cm³/mol. The molecule has 31 heavy (non-hydrogen) atoms. The lowest BCUT2D eigenvalue weighted by molar-refractivity contribution is -0.0131. The third-order valence-corrected chi connectivity index (χ3v) is 5.39. The van der Waals surface area contributed by atoms with Crippen LogP contribution in [0.25, 0.3) is 0 Å². The molecule has 0 aromatic heterocycles. The van der Waals surface area contributed by atoms with Crippen molar-refractivity contribution < 1.29 is 14.3 Å². The van der Waals surface area contributed by atoms with Crippen LogP contribution in [-0.4, -0.2) is 35.8 Å². The average Bonchev–Trinajstić information content (AvgIpc) is 2.70. The number of nitrogens with zero attached hydrogens (tertiary/aromatic N) is 2. The van der Waals surface area contributed by atoms with Gasteiger partial charge in [0.2, 0.25) is 0 Å². The van der Waals surface area contributed by atoms with Crippen LogP contribution in [0.3, 0.4) is 0 Å². The van der Waals surface area contributed by atoms with Crippen LogP contribution in [0.5, 0.6) is 5.75 Å². The molecule has 1 aromatic rings. The smallest absolute Gasteiger partial charge is 0.410 e. The van der Waals surface area contributed by atoms with Crippen molar-refractivity contribution in [3.05, 3.63) is 23.3 Å². The maximum Gasteiger partial charge on any atom is 0.410 e.